The smallest absolute Gasteiger partial charge is 0.129 e. The largest absolute Gasteiger partial charge is 0.375 e. The van der Waals surface area contributed by atoms with Crippen molar-refractivity contribution < 1.29 is 9.13 Å². The molecule has 1 aromatic rings. The summed E-state index contributed by atoms with van der Waals surface area (Å²) in [4.78, 5) is 0. The van der Waals surface area contributed by atoms with Crippen LogP contribution in [0.5, 0.6) is 0 Å². The average molecular weight is 262 g/mol. The van der Waals surface area contributed by atoms with Crippen LogP contribution in [-0.4, -0.2) is 24.2 Å². The van der Waals surface area contributed by atoms with Crippen LogP contribution >= 0.6 is 23.4 Å². The molecule has 2 nitrogen and oxygen atoms in total. The third-order valence-corrected chi connectivity index (χ3v) is 3.82. The van der Waals surface area contributed by atoms with Gasteiger partial charge in [-0.05, 0) is 12.1 Å². The first-order valence-corrected chi connectivity index (χ1v) is 6.61. The fourth-order valence-electron chi connectivity index (χ4n) is 1.69. The van der Waals surface area contributed by atoms with E-state index < -0.39 is 6.04 Å². The Morgan fingerprint density at radius 1 is 1.56 bits per heavy atom. The van der Waals surface area contributed by atoms with Gasteiger partial charge in [-0.15, -0.1) is 0 Å². The number of hydrogen-bond acceptors (Lipinski definition) is 3. The van der Waals surface area contributed by atoms with Crippen molar-refractivity contribution in [3.63, 3.8) is 0 Å². The summed E-state index contributed by atoms with van der Waals surface area (Å²) in [6.07, 6.45) is -0.116. The summed E-state index contributed by atoms with van der Waals surface area (Å²) >= 11 is 7.47. The summed E-state index contributed by atoms with van der Waals surface area (Å²) in [5, 5.41) is 0.382. The lowest BCUT2D eigenvalue weighted by atomic mass is 10.0. The molecule has 2 atom stereocenters. The lowest BCUT2D eigenvalue weighted by Gasteiger charge is -2.28. The topological polar surface area (TPSA) is 35.2 Å². The van der Waals surface area contributed by atoms with Crippen molar-refractivity contribution in [2.24, 2.45) is 5.73 Å². The molecule has 5 heteroatoms. The maximum atomic E-state index is 13.6. The molecule has 1 heterocycles. The van der Waals surface area contributed by atoms with E-state index in [4.69, 9.17) is 22.1 Å². The number of ether oxygens (including phenoxy) is 1. The predicted molar refractivity (Wildman–Crippen MR) is 65.4 cm³/mol. The molecule has 1 saturated heterocycles. The van der Waals surface area contributed by atoms with E-state index in [1.54, 1.807) is 23.9 Å². The Morgan fingerprint density at radius 2 is 2.38 bits per heavy atom. The second-order valence-corrected chi connectivity index (χ2v) is 5.26. The van der Waals surface area contributed by atoms with Crippen molar-refractivity contribution in [3.05, 3.63) is 34.6 Å². The van der Waals surface area contributed by atoms with Crippen molar-refractivity contribution in [3.8, 4) is 0 Å². The Balaban J connectivity index is 2.15. The third-order valence-electron chi connectivity index (χ3n) is 2.56. The lowest BCUT2D eigenvalue weighted by molar-refractivity contribution is 0.0561. The normalized spacial score (nSPS) is 23.1. The number of nitrogens with two attached hydrogens (primary N) is 1. The number of rotatable bonds is 2. The van der Waals surface area contributed by atoms with E-state index in [2.05, 4.69) is 0 Å². The Labute approximate surface area is 103 Å². The molecule has 0 amide bonds. The molecular weight excluding hydrogens is 249 g/mol. The quantitative estimate of drug-likeness (QED) is 0.889. The van der Waals surface area contributed by atoms with E-state index in [-0.39, 0.29) is 11.9 Å². The monoisotopic (exact) mass is 261 g/mol. The van der Waals surface area contributed by atoms with Crippen LogP contribution in [-0.2, 0) is 4.74 Å². The molecule has 1 fully saturated rings. The van der Waals surface area contributed by atoms with E-state index in [0.717, 1.165) is 11.5 Å². The van der Waals surface area contributed by atoms with Gasteiger partial charge in [0.2, 0.25) is 0 Å². The zero-order valence-electron chi connectivity index (χ0n) is 8.66. The second kappa shape index (κ2) is 5.36. The van der Waals surface area contributed by atoms with Crippen LogP contribution in [0.15, 0.2) is 18.2 Å². The maximum absolute atomic E-state index is 13.6. The van der Waals surface area contributed by atoms with Crippen molar-refractivity contribution in [1.82, 2.24) is 0 Å². The Kier molecular flexibility index (Phi) is 4.08. The van der Waals surface area contributed by atoms with Crippen molar-refractivity contribution in [2.45, 2.75) is 12.1 Å². The summed E-state index contributed by atoms with van der Waals surface area (Å²) in [6, 6.07) is 4.14. The maximum Gasteiger partial charge on any atom is 0.129 e. The summed E-state index contributed by atoms with van der Waals surface area (Å²) in [7, 11) is 0. The van der Waals surface area contributed by atoms with E-state index >= 15 is 0 Å². The van der Waals surface area contributed by atoms with E-state index in [0.29, 0.717) is 17.2 Å². The summed E-state index contributed by atoms with van der Waals surface area (Å²) in [5.41, 5.74) is 6.47. The van der Waals surface area contributed by atoms with Crippen LogP contribution in [0.1, 0.15) is 11.6 Å². The number of hydrogen-bond donors (Lipinski definition) is 1. The minimum absolute atomic E-state index is 0.116. The molecule has 0 aliphatic carbocycles. The molecule has 0 radical (unpaired) electrons. The van der Waals surface area contributed by atoms with Gasteiger partial charge in [0.15, 0.2) is 0 Å². The van der Waals surface area contributed by atoms with Gasteiger partial charge >= 0.3 is 0 Å². The average Bonchev–Trinajstić information content (AvgIpc) is 2.29. The van der Waals surface area contributed by atoms with Crippen molar-refractivity contribution in [2.75, 3.05) is 18.1 Å². The van der Waals surface area contributed by atoms with Gasteiger partial charge in [-0.1, -0.05) is 17.7 Å². The minimum atomic E-state index is -0.426. The van der Waals surface area contributed by atoms with Crippen LogP contribution in [0, 0.1) is 5.82 Å². The molecule has 1 aromatic carbocycles. The molecular formula is C11H13ClFNOS. The lowest BCUT2D eigenvalue weighted by Crippen LogP contribution is -2.35. The molecule has 88 valence electrons. The highest BCUT2D eigenvalue weighted by molar-refractivity contribution is 7.99. The van der Waals surface area contributed by atoms with E-state index in [1.807, 2.05) is 0 Å². The van der Waals surface area contributed by atoms with Gasteiger partial charge in [-0.3, -0.25) is 0 Å². The Hall–Kier alpha value is -0.290. The van der Waals surface area contributed by atoms with Crippen LogP contribution < -0.4 is 5.73 Å². The van der Waals surface area contributed by atoms with Crippen LogP contribution in [0.25, 0.3) is 0 Å². The fourth-order valence-corrected chi connectivity index (χ4v) is 2.76. The van der Waals surface area contributed by atoms with Crippen LogP contribution in [0.2, 0.25) is 5.02 Å². The van der Waals surface area contributed by atoms with Gasteiger partial charge in [0.05, 0.1) is 18.8 Å². The molecule has 0 aromatic heterocycles. The number of benzene rings is 1. The third kappa shape index (κ3) is 2.69. The van der Waals surface area contributed by atoms with Crippen molar-refractivity contribution in [1.29, 1.82) is 0 Å². The Morgan fingerprint density at radius 3 is 3.00 bits per heavy atom. The van der Waals surface area contributed by atoms with Gasteiger partial charge in [-0.2, -0.15) is 11.8 Å². The first kappa shape index (κ1) is 12.2. The summed E-state index contributed by atoms with van der Waals surface area (Å²) in [5.74, 6) is 1.43. The number of thioether (sulfide) groups is 1. The molecule has 16 heavy (non-hydrogen) atoms. The summed E-state index contributed by atoms with van der Waals surface area (Å²) < 4.78 is 19.2. The second-order valence-electron chi connectivity index (χ2n) is 3.68. The Bertz CT molecular complexity index is 371. The van der Waals surface area contributed by atoms with Gasteiger partial charge in [0, 0.05) is 22.1 Å². The molecule has 0 spiro atoms. The predicted octanol–water partition coefficient (Wildman–Crippen LogP) is 2.61. The molecule has 1 aliphatic heterocycles. The number of halogens is 2. The fraction of sp³-hybridized carbons (Fsp3) is 0.455. The van der Waals surface area contributed by atoms with E-state index in [9.17, 15) is 4.39 Å². The molecule has 2 unspecified atom stereocenters. The van der Waals surface area contributed by atoms with Crippen LogP contribution in [0.4, 0.5) is 4.39 Å². The molecule has 1 aliphatic rings. The van der Waals surface area contributed by atoms with Gasteiger partial charge in [0.1, 0.15) is 5.82 Å². The first-order valence-electron chi connectivity index (χ1n) is 5.08. The highest BCUT2D eigenvalue weighted by Gasteiger charge is 2.25. The van der Waals surface area contributed by atoms with Gasteiger partial charge < -0.3 is 10.5 Å². The molecule has 2 N–H and O–H groups in total. The highest BCUT2D eigenvalue weighted by Crippen LogP contribution is 2.26. The highest BCUT2D eigenvalue weighted by atomic mass is 35.5. The van der Waals surface area contributed by atoms with Crippen molar-refractivity contribution >= 4 is 23.4 Å². The zero-order valence-corrected chi connectivity index (χ0v) is 10.2. The van der Waals surface area contributed by atoms with Crippen LogP contribution in [0.3, 0.4) is 0 Å². The molecule has 0 saturated carbocycles. The first-order chi connectivity index (χ1) is 7.68. The zero-order chi connectivity index (χ0) is 11.5. The SMILES string of the molecule is NC(c1ccc(Cl)cc1F)C1CSCCO1. The van der Waals surface area contributed by atoms with Gasteiger partial charge in [0.25, 0.3) is 0 Å². The molecule has 2 rings (SSSR count). The van der Waals surface area contributed by atoms with E-state index in [1.165, 1.54) is 6.07 Å². The van der Waals surface area contributed by atoms with Gasteiger partial charge in [-0.25, -0.2) is 4.39 Å². The molecule has 0 bridgehead atoms. The minimum Gasteiger partial charge on any atom is -0.375 e. The standard InChI is InChI=1S/C11H13ClFNOS/c12-7-1-2-8(9(13)5-7)11(14)10-6-16-4-3-15-10/h1-2,5,10-11H,3-4,6,14H2. The summed E-state index contributed by atoms with van der Waals surface area (Å²) in [6.45, 7) is 0.679.